The molecular formula is C38H34F6N6O5S2. The van der Waals surface area contributed by atoms with Crippen LogP contribution >= 0.6 is 11.8 Å². The third-order valence-electron chi connectivity index (χ3n) is 8.63. The Bertz CT molecular complexity index is 2290. The molecule has 0 bridgehead atoms. The van der Waals surface area contributed by atoms with E-state index in [-0.39, 0.29) is 24.5 Å². The van der Waals surface area contributed by atoms with Gasteiger partial charge in [-0.25, -0.2) is 13.1 Å². The highest BCUT2D eigenvalue weighted by atomic mass is 32.2. The Morgan fingerprint density at radius 3 is 2.25 bits per heavy atom. The van der Waals surface area contributed by atoms with Crippen LogP contribution in [0.25, 0.3) is 11.1 Å². The second kappa shape index (κ2) is 17.3. The van der Waals surface area contributed by atoms with Gasteiger partial charge in [0.15, 0.2) is 11.5 Å². The van der Waals surface area contributed by atoms with Crippen LogP contribution in [-0.2, 0) is 22.7 Å². The molecular weight excluding hydrogens is 799 g/mol. The number of sulfonamides is 1. The number of phenolic OH excluding ortho intramolecular Hbond substituents is 1. The molecule has 5 aromatic rings. The van der Waals surface area contributed by atoms with E-state index in [1.807, 2.05) is 40.1 Å². The maximum atomic E-state index is 14.0. The van der Waals surface area contributed by atoms with Gasteiger partial charge in [-0.2, -0.15) is 13.2 Å². The second-order valence-electron chi connectivity index (χ2n) is 12.7. The van der Waals surface area contributed by atoms with Gasteiger partial charge in [-0.3, -0.25) is 9.69 Å². The Morgan fingerprint density at radius 2 is 1.58 bits per heavy atom. The first-order valence-corrected chi connectivity index (χ1v) is 19.7. The number of halogens is 6. The molecule has 3 N–H and O–H groups in total. The van der Waals surface area contributed by atoms with Crippen LogP contribution in [0.2, 0.25) is 0 Å². The van der Waals surface area contributed by atoms with Gasteiger partial charge in [-0.1, -0.05) is 30.3 Å². The Kier molecular flexibility index (Phi) is 12.5. The number of amides is 1. The van der Waals surface area contributed by atoms with Crippen LogP contribution < -0.4 is 19.7 Å². The van der Waals surface area contributed by atoms with Gasteiger partial charge in [0.05, 0.1) is 10.5 Å². The zero-order chi connectivity index (χ0) is 40.8. The molecule has 1 aromatic heterocycles. The van der Waals surface area contributed by atoms with Crippen molar-refractivity contribution in [2.75, 3.05) is 48.7 Å². The topological polar surface area (TPSA) is 137 Å². The number of phenols is 1. The predicted molar refractivity (Wildman–Crippen MR) is 201 cm³/mol. The molecule has 4 aromatic carbocycles. The standard InChI is InChI=1S/C38H34F6N6O5S2/c39-37(40,41)32-23-31(9-10-33(32)45-13-18-56-30-7-2-1-3-8-30)57(53,54)48-36(52)34-11-12-35(47-46-34)50-16-14-49(15-17-50)24-25-19-27(26-5-4-6-28(51)21-26)22-29(20-25)55-38(42,43)44/h1-12,19-23,45,51H,13-18,24H2,(H,48,52). The number of ether oxygens (including phenoxy) is 1. The average molecular weight is 833 g/mol. The largest absolute Gasteiger partial charge is 0.573 e. The first-order valence-electron chi connectivity index (χ1n) is 17.2. The molecule has 19 heteroatoms. The molecule has 0 saturated carbocycles. The fourth-order valence-corrected chi connectivity index (χ4v) is 7.76. The molecule has 6 rings (SSSR count). The van der Waals surface area contributed by atoms with Crippen molar-refractivity contribution in [3.63, 3.8) is 0 Å². The Labute approximate surface area is 327 Å². The molecule has 0 aliphatic carbocycles. The van der Waals surface area contributed by atoms with E-state index in [4.69, 9.17) is 0 Å². The highest BCUT2D eigenvalue weighted by Crippen LogP contribution is 2.37. The molecule has 1 saturated heterocycles. The van der Waals surface area contributed by atoms with Gasteiger partial charge in [-0.05, 0) is 89.5 Å². The number of thioether (sulfide) groups is 1. The number of nitrogens with one attached hydrogen (secondary N) is 2. The van der Waals surface area contributed by atoms with Gasteiger partial charge in [0, 0.05) is 55.6 Å². The van der Waals surface area contributed by atoms with Gasteiger partial charge in [-0.15, -0.1) is 35.1 Å². The predicted octanol–water partition coefficient (Wildman–Crippen LogP) is 7.41. The number of anilines is 2. The molecule has 0 spiro atoms. The van der Waals surface area contributed by atoms with E-state index in [0.29, 0.717) is 60.5 Å². The summed E-state index contributed by atoms with van der Waals surface area (Å²) in [5, 5.41) is 20.5. The zero-order valence-electron chi connectivity index (χ0n) is 29.7. The number of carbonyl (C=O) groups excluding carboxylic acids is 1. The average Bonchev–Trinajstić information content (AvgIpc) is 3.16. The maximum absolute atomic E-state index is 14.0. The quantitative estimate of drug-likeness (QED) is 0.0622. The van der Waals surface area contributed by atoms with E-state index < -0.39 is 50.4 Å². The van der Waals surface area contributed by atoms with Crippen molar-refractivity contribution in [2.24, 2.45) is 0 Å². The van der Waals surface area contributed by atoms with Crippen molar-refractivity contribution in [2.45, 2.75) is 28.9 Å². The van der Waals surface area contributed by atoms with Crippen LogP contribution in [0.1, 0.15) is 21.6 Å². The fourth-order valence-electron chi connectivity index (χ4n) is 5.99. The number of rotatable bonds is 13. The van der Waals surface area contributed by atoms with E-state index in [1.54, 1.807) is 22.9 Å². The highest BCUT2D eigenvalue weighted by Gasteiger charge is 2.36. The van der Waals surface area contributed by atoms with Crippen molar-refractivity contribution < 1.29 is 49.4 Å². The molecule has 0 unspecified atom stereocenters. The number of piperazine rings is 1. The second-order valence-corrected chi connectivity index (χ2v) is 15.6. The summed E-state index contributed by atoms with van der Waals surface area (Å²) in [7, 11) is -4.75. The minimum Gasteiger partial charge on any atom is -0.508 e. The van der Waals surface area contributed by atoms with Crippen LogP contribution in [0.3, 0.4) is 0 Å². The van der Waals surface area contributed by atoms with Gasteiger partial charge >= 0.3 is 12.5 Å². The van der Waals surface area contributed by atoms with E-state index in [2.05, 4.69) is 20.3 Å². The summed E-state index contributed by atoms with van der Waals surface area (Å²) < 4.78 is 113. The Hall–Kier alpha value is -5.53. The van der Waals surface area contributed by atoms with Gasteiger partial charge in [0.1, 0.15) is 11.5 Å². The molecule has 2 heterocycles. The molecule has 1 aliphatic heterocycles. The number of benzene rings is 4. The van der Waals surface area contributed by atoms with Gasteiger partial charge in [0.25, 0.3) is 15.9 Å². The zero-order valence-corrected chi connectivity index (χ0v) is 31.4. The smallest absolute Gasteiger partial charge is 0.508 e. The summed E-state index contributed by atoms with van der Waals surface area (Å²) in [4.78, 5) is 16.9. The van der Waals surface area contributed by atoms with E-state index >= 15 is 0 Å². The number of hydrogen-bond donors (Lipinski definition) is 3. The lowest BCUT2D eigenvalue weighted by atomic mass is 10.0. The summed E-state index contributed by atoms with van der Waals surface area (Å²) in [6, 6.07) is 24.8. The summed E-state index contributed by atoms with van der Waals surface area (Å²) >= 11 is 1.44. The first-order chi connectivity index (χ1) is 27.0. The fraction of sp³-hybridized carbons (Fsp3) is 0.237. The number of hydrogen-bond acceptors (Lipinski definition) is 11. The summed E-state index contributed by atoms with van der Waals surface area (Å²) in [5.74, 6) is -0.836. The summed E-state index contributed by atoms with van der Waals surface area (Å²) in [6.45, 7) is 2.23. The lowest BCUT2D eigenvalue weighted by molar-refractivity contribution is -0.274. The lowest BCUT2D eigenvalue weighted by Gasteiger charge is -2.35. The summed E-state index contributed by atoms with van der Waals surface area (Å²) in [6.07, 6.45) is -9.80. The van der Waals surface area contributed by atoms with Gasteiger partial charge in [0.2, 0.25) is 0 Å². The lowest BCUT2D eigenvalue weighted by Crippen LogP contribution is -2.46. The monoisotopic (exact) mass is 832 g/mol. The molecule has 0 radical (unpaired) electrons. The number of carbonyl (C=O) groups is 1. The minimum absolute atomic E-state index is 0.0450. The van der Waals surface area contributed by atoms with Crippen LogP contribution in [0.5, 0.6) is 11.5 Å². The molecule has 1 fully saturated rings. The Balaban J connectivity index is 1.05. The highest BCUT2D eigenvalue weighted by molar-refractivity contribution is 7.99. The van der Waals surface area contributed by atoms with Crippen molar-refractivity contribution in [1.82, 2.24) is 19.8 Å². The third kappa shape index (κ3) is 11.3. The maximum Gasteiger partial charge on any atom is 0.573 e. The SMILES string of the molecule is O=C(NS(=O)(=O)c1ccc(NCCSc2ccccc2)c(C(F)(F)F)c1)c1ccc(N2CCN(Cc3cc(OC(F)(F)F)cc(-c4cccc(O)c4)c3)CC2)nn1. The third-order valence-corrected chi connectivity index (χ3v) is 11.0. The normalized spacial score (nSPS) is 14.0. The molecule has 0 atom stereocenters. The van der Waals surface area contributed by atoms with Crippen LogP contribution in [0.15, 0.2) is 113 Å². The minimum atomic E-state index is -4.90. The van der Waals surface area contributed by atoms with Gasteiger partial charge < -0.3 is 20.1 Å². The first kappa shape index (κ1) is 41.1. The van der Waals surface area contributed by atoms with E-state index in [0.717, 1.165) is 17.0 Å². The van der Waals surface area contributed by atoms with Crippen LogP contribution in [0.4, 0.5) is 37.8 Å². The van der Waals surface area contributed by atoms with E-state index in [9.17, 15) is 44.7 Å². The molecule has 1 amide bonds. The van der Waals surface area contributed by atoms with Crippen molar-refractivity contribution >= 4 is 39.2 Å². The van der Waals surface area contributed by atoms with Crippen molar-refractivity contribution in [1.29, 1.82) is 0 Å². The molecule has 57 heavy (non-hydrogen) atoms. The van der Waals surface area contributed by atoms with Crippen LogP contribution in [-0.4, -0.2) is 79.4 Å². The number of aromatic nitrogens is 2. The molecule has 11 nitrogen and oxygen atoms in total. The number of nitrogens with zero attached hydrogens (tertiary/aromatic N) is 4. The van der Waals surface area contributed by atoms with Crippen molar-refractivity contribution in [3.05, 3.63) is 120 Å². The van der Waals surface area contributed by atoms with Crippen LogP contribution in [0, 0.1) is 0 Å². The van der Waals surface area contributed by atoms with E-state index in [1.165, 1.54) is 48.2 Å². The molecule has 300 valence electrons. The Morgan fingerprint density at radius 1 is 0.825 bits per heavy atom. The number of alkyl halides is 6. The number of aromatic hydroxyl groups is 1. The molecule has 1 aliphatic rings. The van der Waals surface area contributed by atoms with Crippen molar-refractivity contribution in [3.8, 4) is 22.6 Å². The summed E-state index contributed by atoms with van der Waals surface area (Å²) in [5.41, 5.74) is -0.445.